The van der Waals surface area contributed by atoms with Crippen molar-refractivity contribution in [1.29, 1.82) is 0 Å². The molecule has 1 aromatic heterocycles. The number of nitrogens with zero attached hydrogens (tertiary/aromatic N) is 1. The van der Waals surface area contributed by atoms with Gasteiger partial charge in [0.25, 0.3) is 0 Å². The van der Waals surface area contributed by atoms with E-state index in [9.17, 15) is 4.79 Å². The molecule has 0 saturated carbocycles. The molecule has 0 radical (unpaired) electrons. The van der Waals surface area contributed by atoms with Crippen LogP contribution >= 0.6 is 23.2 Å². The fourth-order valence-electron chi connectivity index (χ4n) is 1.34. The smallest absolute Gasteiger partial charge is 0.241 e. The van der Waals surface area contributed by atoms with E-state index in [0.29, 0.717) is 5.69 Å². The Kier molecular flexibility index (Phi) is 4.59. The number of anilines is 1. The Balaban J connectivity index is 2.96. The first-order valence-corrected chi connectivity index (χ1v) is 6.27. The summed E-state index contributed by atoms with van der Waals surface area (Å²) in [7, 11) is 0. The number of rotatable bonds is 2. The average Bonchev–Trinajstić information content (AvgIpc) is 2.20. The lowest BCUT2D eigenvalue weighted by Gasteiger charge is -2.26. The fraction of sp³-hybridized carbons (Fsp3) is 0.500. The van der Waals surface area contributed by atoms with Gasteiger partial charge < -0.3 is 11.1 Å². The Morgan fingerprint density at radius 3 is 2.44 bits per heavy atom. The van der Waals surface area contributed by atoms with Crippen LogP contribution in [0.1, 0.15) is 26.3 Å². The van der Waals surface area contributed by atoms with Gasteiger partial charge in [-0.15, -0.1) is 0 Å². The van der Waals surface area contributed by atoms with Crippen molar-refractivity contribution in [2.75, 3.05) is 5.32 Å². The van der Waals surface area contributed by atoms with Crippen molar-refractivity contribution in [1.82, 2.24) is 4.98 Å². The second kappa shape index (κ2) is 5.43. The van der Waals surface area contributed by atoms with Crippen LogP contribution in [0.2, 0.25) is 10.3 Å². The van der Waals surface area contributed by atoms with Crippen molar-refractivity contribution in [3.8, 4) is 0 Å². The molecule has 1 amide bonds. The standard InChI is InChI=1S/C12H17Cl2N3O/c1-6-5-7(13)16-10(14)8(6)17-11(18)9(15)12(2,3)4/h5,9H,15H2,1-4H3,(H,17,18)/t9-/m1/s1. The summed E-state index contributed by atoms with van der Waals surface area (Å²) in [5, 5.41) is 3.14. The van der Waals surface area contributed by atoms with Crippen molar-refractivity contribution in [3.05, 3.63) is 21.9 Å². The number of aryl methyl sites for hydroxylation is 1. The number of amides is 1. The van der Waals surface area contributed by atoms with Crippen LogP contribution in [0.4, 0.5) is 5.69 Å². The molecule has 0 aliphatic rings. The van der Waals surface area contributed by atoms with E-state index in [0.717, 1.165) is 5.56 Å². The first kappa shape index (κ1) is 15.2. The minimum atomic E-state index is -0.636. The molecule has 0 saturated heterocycles. The van der Waals surface area contributed by atoms with Crippen molar-refractivity contribution < 1.29 is 4.79 Å². The molecule has 0 aliphatic carbocycles. The first-order chi connectivity index (χ1) is 8.12. The minimum absolute atomic E-state index is 0.162. The van der Waals surface area contributed by atoms with E-state index >= 15 is 0 Å². The van der Waals surface area contributed by atoms with Gasteiger partial charge in [-0.25, -0.2) is 4.98 Å². The average molecular weight is 290 g/mol. The molecule has 1 aromatic rings. The summed E-state index contributed by atoms with van der Waals surface area (Å²) in [6, 6.07) is 0.995. The number of pyridine rings is 1. The van der Waals surface area contributed by atoms with Gasteiger partial charge in [-0.05, 0) is 24.0 Å². The molecular weight excluding hydrogens is 273 g/mol. The van der Waals surface area contributed by atoms with E-state index in [4.69, 9.17) is 28.9 Å². The molecule has 0 aromatic carbocycles. The van der Waals surface area contributed by atoms with E-state index in [2.05, 4.69) is 10.3 Å². The van der Waals surface area contributed by atoms with E-state index in [1.54, 1.807) is 13.0 Å². The predicted octanol–water partition coefficient (Wildman–Crippen LogP) is 3.01. The van der Waals surface area contributed by atoms with E-state index in [1.807, 2.05) is 20.8 Å². The highest BCUT2D eigenvalue weighted by Gasteiger charge is 2.28. The highest BCUT2D eigenvalue weighted by molar-refractivity contribution is 6.34. The van der Waals surface area contributed by atoms with Crippen LogP contribution in [-0.2, 0) is 4.79 Å². The topological polar surface area (TPSA) is 68.0 Å². The number of nitrogens with one attached hydrogen (secondary N) is 1. The van der Waals surface area contributed by atoms with Gasteiger partial charge in [-0.2, -0.15) is 0 Å². The summed E-state index contributed by atoms with van der Waals surface area (Å²) in [6.07, 6.45) is 0. The lowest BCUT2D eigenvalue weighted by Crippen LogP contribution is -2.45. The summed E-state index contributed by atoms with van der Waals surface area (Å²) in [6.45, 7) is 7.47. The normalized spacial score (nSPS) is 13.3. The third-order valence-electron chi connectivity index (χ3n) is 2.60. The van der Waals surface area contributed by atoms with Crippen molar-refractivity contribution in [2.45, 2.75) is 33.7 Å². The molecule has 0 fully saturated rings. The monoisotopic (exact) mass is 289 g/mol. The molecule has 100 valence electrons. The highest BCUT2D eigenvalue weighted by atomic mass is 35.5. The maximum absolute atomic E-state index is 12.0. The molecule has 0 aliphatic heterocycles. The second-order valence-electron chi connectivity index (χ2n) is 5.26. The molecule has 3 N–H and O–H groups in total. The van der Waals surface area contributed by atoms with E-state index in [1.165, 1.54) is 0 Å². The van der Waals surface area contributed by atoms with Crippen LogP contribution in [0, 0.1) is 12.3 Å². The molecule has 6 heteroatoms. The second-order valence-corrected chi connectivity index (χ2v) is 6.01. The Bertz CT molecular complexity index is 446. The third-order valence-corrected chi connectivity index (χ3v) is 3.07. The van der Waals surface area contributed by atoms with Gasteiger partial charge >= 0.3 is 0 Å². The molecule has 0 spiro atoms. The quantitative estimate of drug-likeness (QED) is 0.823. The largest absolute Gasteiger partial charge is 0.322 e. The summed E-state index contributed by atoms with van der Waals surface area (Å²) in [4.78, 5) is 15.9. The van der Waals surface area contributed by atoms with Crippen LogP contribution in [-0.4, -0.2) is 16.9 Å². The lowest BCUT2D eigenvalue weighted by molar-refractivity contribution is -0.119. The molecule has 0 bridgehead atoms. The summed E-state index contributed by atoms with van der Waals surface area (Å²) in [5.41, 5.74) is 6.74. The number of hydrogen-bond acceptors (Lipinski definition) is 3. The Hall–Kier alpha value is -0.840. The number of carbonyl (C=O) groups excluding carboxylic acids is 1. The summed E-state index contributed by atoms with van der Waals surface area (Å²) >= 11 is 11.7. The molecule has 1 atom stereocenters. The predicted molar refractivity (Wildman–Crippen MR) is 75.1 cm³/mol. The number of hydrogen-bond donors (Lipinski definition) is 2. The zero-order valence-corrected chi connectivity index (χ0v) is 12.4. The molecule has 4 nitrogen and oxygen atoms in total. The zero-order chi connectivity index (χ0) is 14.1. The maximum Gasteiger partial charge on any atom is 0.241 e. The van der Waals surface area contributed by atoms with Gasteiger partial charge in [0.15, 0.2) is 5.15 Å². The summed E-state index contributed by atoms with van der Waals surface area (Å²) in [5.74, 6) is -0.295. The van der Waals surface area contributed by atoms with Crippen LogP contribution < -0.4 is 11.1 Å². The first-order valence-electron chi connectivity index (χ1n) is 5.52. The fourth-order valence-corrected chi connectivity index (χ4v) is 1.92. The third kappa shape index (κ3) is 3.57. The summed E-state index contributed by atoms with van der Waals surface area (Å²) < 4.78 is 0. The van der Waals surface area contributed by atoms with Crippen molar-refractivity contribution in [2.24, 2.45) is 11.1 Å². The van der Waals surface area contributed by atoms with E-state index < -0.39 is 6.04 Å². The molecule has 18 heavy (non-hydrogen) atoms. The van der Waals surface area contributed by atoms with Crippen LogP contribution in [0.3, 0.4) is 0 Å². The Morgan fingerprint density at radius 2 is 2.00 bits per heavy atom. The van der Waals surface area contributed by atoms with Crippen molar-refractivity contribution >= 4 is 34.8 Å². The van der Waals surface area contributed by atoms with Gasteiger partial charge in [0.05, 0.1) is 11.7 Å². The molecule has 0 unspecified atom stereocenters. The zero-order valence-electron chi connectivity index (χ0n) is 10.8. The van der Waals surface area contributed by atoms with Crippen LogP contribution in [0.5, 0.6) is 0 Å². The Morgan fingerprint density at radius 1 is 1.44 bits per heavy atom. The number of nitrogens with two attached hydrogens (primary N) is 1. The molecular formula is C12H17Cl2N3O. The number of halogens is 2. The van der Waals surface area contributed by atoms with Crippen molar-refractivity contribution in [3.63, 3.8) is 0 Å². The molecule has 1 heterocycles. The van der Waals surface area contributed by atoms with Gasteiger partial charge in [-0.1, -0.05) is 44.0 Å². The van der Waals surface area contributed by atoms with Crippen LogP contribution in [0.15, 0.2) is 6.07 Å². The van der Waals surface area contributed by atoms with Gasteiger partial charge in [0.2, 0.25) is 5.91 Å². The van der Waals surface area contributed by atoms with Crippen LogP contribution in [0.25, 0.3) is 0 Å². The molecule has 1 rings (SSSR count). The number of carbonyl (C=O) groups is 1. The minimum Gasteiger partial charge on any atom is -0.322 e. The van der Waals surface area contributed by atoms with Gasteiger partial charge in [-0.3, -0.25) is 4.79 Å². The van der Waals surface area contributed by atoms with E-state index in [-0.39, 0.29) is 21.6 Å². The van der Waals surface area contributed by atoms with Gasteiger partial charge in [0, 0.05) is 0 Å². The highest BCUT2D eigenvalue weighted by Crippen LogP contribution is 2.27. The lowest BCUT2D eigenvalue weighted by atomic mass is 9.87. The Labute approximate surface area is 117 Å². The maximum atomic E-state index is 12.0. The SMILES string of the molecule is Cc1cc(Cl)nc(Cl)c1NC(=O)[C@@H](N)C(C)(C)C. The van der Waals surface area contributed by atoms with Gasteiger partial charge in [0.1, 0.15) is 5.15 Å². The number of aromatic nitrogens is 1.